The number of likely N-dealkylation sites (tertiary alicyclic amines) is 1. The molecule has 0 aliphatic carbocycles. The van der Waals surface area contributed by atoms with Gasteiger partial charge in [-0.2, -0.15) is 0 Å². The lowest BCUT2D eigenvalue weighted by Gasteiger charge is -2.35. The number of hydrazine groups is 1. The number of rotatable bonds is 3. The largest absolute Gasteiger partial charge is 0.347 e. The van der Waals surface area contributed by atoms with Gasteiger partial charge in [-0.3, -0.25) is 15.6 Å². The molecule has 5 heteroatoms. The maximum atomic E-state index is 12.8. The summed E-state index contributed by atoms with van der Waals surface area (Å²) in [5.74, 6) is 0.655. The fourth-order valence-corrected chi connectivity index (χ4v) is 4.16. The Morgan fingerprint density at radius 3 is 2.72 bits per heavy atom. The van der Waals surface area contributed by atoms with Gasteiger partial charge in [0.1, 0.15) is 5.69 Å². The van der Waals surface area contributed by atoms with Gasteiger partial charge >= 0.3 is 0 Å². The molecule has 0 spiro atoms. The van der Waals surface area contributed by atoms with Gasteiger partial charge in [-0.1, -0.05) is 30.3 Å². The molecule has 3 atom stereocenters. The molecule has 2 N–H and O–H groups in total. The molecule has 5 nitrogen and oxygen atoms in total. The lowest BCUT2D eigenvalue weighted by atomic mass is 9.87. The molecular formula is C20H26N4O. The minimum Gasteiger partial charge on any atom is -0.347 e. The normalized spacial score (nSPS) is 26.8. The van der Waals surface area contributed by atoms with Crippen molar-refractivity contribution in [2.45, 2.75) is 31.3 Å². The van der Waals surface area contributed by atoms with Crippen LogP contribution >= 0.6 is 0 Å². The predicted octanol–water partition coefficient (Wildman–Crippen LogP) is 2.49. The SMILES string of the molecule is Cn1cccc1C(=O)N1CCCC(C2CC(c3ccccc3)NN2)C1. The first-order chi connectivity index (χ1) is 12.2. The fourth-order valence-electron chi connectivity index (χ4n) is 4.16. The molecule has 2 fully saturated rings. The van der Waals surface area contributed by atoms with E-state index in [1.807, 2.05) is 34.8 Å². The molecule has 1 aromatic heterocycles. The van der Waals surface area contributed by atoms with Crippen LogP contribution in [-0.4, -0.2) is 34.5 Å². The molecule has 0 radical (unpaired) electrons. The molecule has 0 bridgehead atoms. The van der Waals surface area contributed by atoms with Gasteiger partial charge < -0.3 is 9.47 Å². The summed E-state index contributed by atoms with van der Waals surface area (Å²) in [5.41, 5.74) is 9.03. The molecule has 3 unspecified atom stereocenters. The molecule has 1 amide bonds. The highest BCUT2D eigenvalue weighted by molar-refractivity contribution is 5.92. The summed E-state index contributed by atoms with van der Waals surface area (Å²) < 4.78 is 1.91. The van der Waals surface area contributed by atoms with Gasteiger partial charge in [0.2, 0.25) is 0 Å². The number of hydrogen-bond donors (Lipinski definition) is 2. The van der Waals surface area contributed by atoms with E-state index in [1.165, 1.54) is 12.0 Å². The Hall–Kier alpha value is -2.11. The Kier molecular flexibility index (Phi) is 4.59. The summed E-state index contributed by atoms with van der Waals surface area (Å²) >= 11 is 0. The van der Waals surface area contributed by atoms with E-state index < -0.39 is 0 Å². The minimum atomic E-state index is 0.155. The first kappa shape index (κ1) is 16.4. The lowest BCUT2D eigenvalue weighted by Crippen LogP contribution is -2.47. The first-order valence-corrected chi connectivity index (χ1v) is 9.19. The van der Waals surface area contributed by atoms with Crippen molar-refractivity contribution in [1.82, 2.24) is 20.3 Å². The van der Waals surface area contributed by atoms with Crippen molar-refractivity contribution < 1.29 is 4.79 Å². The summed E-state index contributed by atoms with van der Waals surface area (Å²) in [5, 5.41) is 0. The van der Waals surface area contributed by atoms with Gasteiger partial charge in [-0.05, 0) is 42.9 Å². The molecular weight excluding hydrogens is 312 g/mol. The number of aromatic nitrogens is 1. The molecule has 1 aromatic carbocycles. The Labute approximate surface area is 149 Å². The average Bonchev–Trinajstić information content (AvgIpc) is 3.31. The Morgan fingerprint density at radius 1 is 1.12 bits per heavy atom. The lowest BCUT2D eigenvalue weighted by molar-refractivity contribution is 0.0639. The second-order valence-corrected chi connectivity index (χ2v) is 7.25. The maximum absolute atomic E-state index is 12.8. The highest BCUT2D eigenvalue weighted by Gasteiger charge is 2.35. The molecule has 0 saturated carbocycles. The molecule has 132 valence electrons. The quantitative estimate of drug-likeness (QED) is 0.904. The van der Waals surface area contributed by atoms with Crippen LogP contribution in [0.25, 0.3) is 0 Å². The summed E-state index contributed by atoms with van der Waals surface area (Å²) in [4.78, 5) is 14.8. The molecule has 4 rings (SSSR count). The molecule has 25 heavy (non-hydrogen) atoms. The smallest absolute Gasteiger partial charge is 0.270 e. The third-order valence-electron chi connectivity index (χ3n) is 5.61. The second kappa shape index (κ2) is 7.02. The third kappa shape index (κ3) is 3.34. The zero-order valence-electron chi connectivity index (χ0n) is 14.7. The minimum absolute atomic E-state index is 0.155. The van der Waals surface area contributed by atoms with E-state index in [4.69, 9.17) is 0 Å². The van der Waals surface area contributed by atoms with Crippen molar-refractivity contribution in [3.8, 4) is 0 Å². The van der Waals surface area contributed by atoms with E-state index in [2.05, 4.69) is 41.2 Å². The molecule has 2 aliphatic heterocycles. The van der Waals surface area contributed by atoms with E-state index in [1.54, 1.807) is 0 Å². The van der Waals surface area contributed by atoms with Crippen LogP contribution < -0.4 is 10.9 Å². The van der Waals surface area contributed by atoms with Crippen LogP contribution in [0.1, 0.15) is 41.4 Å². The highest BCUT2D eigenvalue weighted by atomic mass is 16.2. The average molecular weight is 338 g/mol. The van der Waals surface area contributed by atoms with E-state index in [0.29, 0.717) is 18.0 Å². The van der Waals surface area contributed by atoms with Gasteiger partial charge in [0, 0.05) is 38.4 Å². The number of benzene rings is 1. The van der Waals surface area contributed by atoms with Crippen molar-refractivity contribution in [3.63, 3.8) is 0 Å². The number of carbonyl (C=O) groups is 1. The first-order valence-electron chi connectivity index (χ1n) is 9.19. The number of carbonyl (C=O) groups excluding carboxylic acids is 1. The van der Waals surface area contributed by atoms with Gasteiger partial charge in [0.25, 0.3) is 5.91 Å². The second-order valence-electron chi connectivity index (χ2n) is 7.25. The highest BCUT2D eigenvalue weighted by Crippen LogP contribution is 2.30. The number of aryl methyl sites for hydroxylation is 1. The monoisotopic (exact) mass is 338 g/mol. The maximum Gasteiger partial charge on any atom is 0.270 e. The van der Waals surface area contributed by atoms with Crippen molar-refractivity contribution in [3.05, 3.63) is 59.9 Å². The van der Waals surface area contributed by atoms with Crippen molar-refractivity contribution >= 4 is 5.91 Å². The van der Waals surface area contributed by atoms with Crippen molar-refractivity contribution in [2.24, 2.45) is 13.0 Å². The predicted molar refractivity (Wildman–Crippen MR) is 97.9 cm³/mol. The van der Waals surface area contributed by atoms with Gasteiger partial charge in [0.15, 0.2) is 0 Å². The molecule has 2 saturated heterocycles. The van der Waals surface area contributed by atoms with Crippen molar-refractivity contribution in [1.29, 1.82) is 0 Å². The van der Waals surface area contributed by atoms with Crippen LogP contribution in [0.2, 0.25) is 0 Å². The summed E-state index contributed by atoms with van der Waals surface area (Å²) in [7, 11) is 1.93. The molecule has 3 heterocycles. The van der Waals surface area contributed by atoms with Crippen LogP contribution in [0.15, 0.2) is 48.7 Å². The number of amides is 1. The zero-order chi connectivity index (χ0) is 17.2. The number of nitrogens with zero attached hydrogens (tertiary/aromatic N) is 2. The van der Waals surface area contributed by atoms with Gasteiger partial charge in [0.05, 0.1) is 0 Å². The van der Waals surface area contributed by atoms with Crippen molar-refractivity contribution in [2.75, 3.05) is 13.1 Å². The Balaban J connectivity index is 1.40. The van der Waals surface area contributed by atoms with Crippen LogP contribution in [0.4, 0.5) is 0 Å². The van der Waals surface area contributed by atoms with Crippen LogP contribution in [-0.2, 0) is 7.05 Å². The Morgan fingerprint density at radius 2 is 1.96 bits per heavy atom. The van der Waals surface area contributed by atoms with E-state index in [9.17, 15) is 4.79 Å². The summed E-state index contributed by atoms with van der Waals surface area (Å²) in [6.07, 6.45) is 5.26. The van der Waals surface area contributed by atoms with E-state index in [-0.39, 0.29) is 5.91 Å². The number of hydrogen-bond acceptors (Lipinski definition) is 3. The van der Waals surface area contributed by atoms with Crippen LogP contribution in [0.3, 0.4) is 0 Å². The standard InChI is InChI=1S/C20H26N4O/c1-23-11-6-10-19(23)20(25)24-12-5-9-16(14-24)18-13-17(21-22-18)15-7-3-2-4-8-15/h2-4,6-8,10-11,16-18,21-22H,5,9,12-14H2,1H3. The number of nitrogens with one attached hydrogen (secondary N) is 2. The van der Waals surface area contributed by atoms with Gasteiger partial charge in [-0.25, -0.2) is 0 Å². The van der Waals surface area contributed by atoms with E-state index in [0.717, 1.165) is 31.6 Å². The number of piperidine rings is 1. The Bertz CT molecular complexity index is 726. The summed E-state index contributed by atoms with van der Waals surface area (Å²) in [6, 6.07) is 15.2. The van der Waals surface area contributed by atoms with Crippen LogP contribution in [0.5, 0.6) is 0 Å². The third-order valence-corrected chi connectivity index (χ3v) is 5.61. The molecule has 2 aromatic rings. The molecule has 2 aliphatic rings. The summed E-state index contributed by atoms with van der Waals surface area (Å²) in [6.45, 7) is 1.70. The fraction of sp³-hybridized carbons (Fsp3) is 0.450. The topological polar surface area (TPSA) is 49.3 Å². The van der Waals surface area contributed by atoms with E-state index >= 15 is 0 Å². The van der Waals surface area contributed by atoms with Gasteiger partial charge in [-0.15, -0.1) is 0 Å². The zero-order valence-corrected chi connectivity index (χ0v) is 14.7. The van der Waals surface area contributed by atoms with Crippen LogP contribution in [0, 0.1) is 5.92 Å².